The number of benzene rings is 2. The highest BCUT2D eigenvalue weighted by Crippen LogP contribution is 2.40. The first kappa shape index (κ1) is 23.0. The van der Waals surface area contributed by atoms with Crippen LogP contribution in [0, 0.1) is 17.3 Å². The molecule has 1 spiro atoms. The highest BCUT2D eigenvalue weighted by Gasteiger charge is 2.44. The molecule has 7 heteroatoms. The Labute approximate surface area is 205 Å². The second kappa shape index (κ2) is 9.83. The Morgan fingerprint density at radius 1 is 0.914 bits per heavy atom. The average molecular weight is 472 g/mol. The van der Waals surface area contributed by atoms with E-state index in [0.29, 0.717) is 26.2 Å². The van der Waals surface area contributed by atoms with Gasteiger partial charge in [0.15, 0.2) is 0 Å². The predicted molar refractivity (Wildman–Crippen MR) is 130 cm³/mol. The smallest absolute Gasteiger partial charge is 0.410 e. The highest BCUT2D eigenvalue weighted by atomic mass is 16.6. The number of nitrogens with zero attached hydrogens (tertiary/aromatic N) is 3. The van der Waals surface area contributed by atoms with Gasteiger partial charge >= 0.3 is 6.09 Å². The van der Waals surface area contributed by atoms with Crippen LogP contribution in [-0.2, 0) is 14.3 Å². The molecule has 2 aromatic carbocycles. The van der Waals surface area contributed by atoms with Crippen molar-refractivity contribution >= 4 is 17.9 Å². The number of amides is 3. The van der Waals surface area contributed by atoms with Gasteiger partial charge in [0, 0.05) is 37.7 Å². The van der Waals surface area contributed by atoms with E-state index in [1.54, 1.807) is 0 Å². The third-order valence-electron chi connectivity index (χ3n) is 7.46. The quantitative estimate of drug-likeness (QED) is 0.646. The minimum absolute atomic E-state index is 0.0220. The van der Waals surface area contributed by atoms with Crippen LogP contribution in [0.15, 0.2) is 60.7 Å². The monoisotopic (exact) mass is 471 g/mol. The van der Waals surface area contributed by atoms with Crippen LogP contribution < -0.4 is 0 Å². The van der Waals surface area contributed by atoms with Gasteiger partial charge in [0.05, 0.1) is 6.04 Å². The summed E-state index contributed by atoms with van der Waals surface area (Å²) in [5.74, 6) is 5.51. The molecule has 0 saturated carbocycles. The summed E-state index contributed by atoms with van der Waals surface area (Å²) < 4.78 is 5.26. The zero-order chi connectivity index (χ0) is 24.3. The van der Waals surface area contributed by atoms with E-state index < -0.39 is 6.09 Å². The molecule has 35 heavy (non-hydrogen) atoms. The summed E-state index contributed by atoms with van der Waals surface area (Å²) in [6.07, 6.45) is 2.19. The van der Waals surface area contributed by atoms with Gasteiger partial charge in [0.25, 0.3) is 5.91 Å². The molecule has 3 heterocycles. The van der Waals surface area contributed by atoms with Crippen molar-refractivity contribution < 1.29 is 19.1 Å². The van der Waals surface area contributed by atoms with E-state index in [2.05, 4.69) is 11.8 Å². The molecule has 0 aliphatic carbocycles. The van der Waals surface area contributed by atoms with E-state index in [4.69, 9.17) is 4.74 Å². The molecular formula is C28H29N3O4. The van der Waals surface area contributed by atoms with E-state index in [-0.39, 0.29) is 36.4 Å². The number of cyclic esters (lactones) is 1. The third kappa shape index (κ3) is 5.02. The van der Waals surface area contributed by atoms with E-state index in [1.807, 2.05) is 70.5 Å². The average Bonchev–Trinajstić information content (AvgIpc) is 3.48. The number of carbonyl (C=O) groups is 3. The lowest BCUT2D eigenvalue weighted by molar-refractivity contribution is -0.132. The molecule has 0 aromatic heterocycles. The van der Waals surface area contributed by atoms with E-state index in [0.717, 1.165) is 30.4 Å². The molecule has 0 unspecified atom stereocenters. The van der Waals surface area contributed by atoms with Gasteiger partial charge in [-0.15, -0.1) is 0 Å². The number of hydrogen-bond acceptors (Lipinski definition) is 4. The van der Waals surface area contributed by atoms with Crippen LogP contribution in [0.3, 0.4) is 0 Å². The Morgan fingerprint density at radius 2 is 1.54 bits per heavy atom. The zero-order valence-electron chi connectivity index (χ0n) is 19.7. The van der Waals surface area contributed by atoms with Crippen LogP contribution in [0.4, 0.5) is 4.79 Å². The normalized spacial score (nSPS) is 21.0. The molecule has 0 radical (unpaired) electrons. The number of carbonyl (C=O) groups excluding carboxylic acids is 3. The Bertz CT molecular complexity index is 1150. The van der Waals surface area contributed by atoms with Crippen molar-refractivity contribution in [3.8, 4) is 11.8 Å². The van der Waals surface area contributed by atoms with Crippen molar-refractivity contribution in [3.05, 3.63) is 71.8 Å². The maximum absolute atomic E-state index is 13.1. The van der Waals surface area contributed by atoms with Gasteiger partial charge in [-0.05, 0) is 42.4 Å². The molecule has 5 rings (SSSR count). The minimum Gasteiger partial charge on any atom is -0.447 e. The summed E-state index contributed by atoms with van der Waals surface area (Å²) in [6, 6.07) is 18.9. The standard InChI is InChI=1S/C28H29N3O4/c32-25(12-11-22-7-3-1-4-8-22)29-16-13-28(14-17-29)15-18-30(21-28)26(33)19-31-24(20-35-27(31)34)23-9-5-2-6-10-23/h1-10,24H,13-21H2/t24-/m1/s1. The van der Waals surface area contributed by atoms with Crippen molar-refractivity contribution in [2.45, 2.75) is 25.3 Å². The van der Waals surface area contributed by atoms with Crippen LogP contribution in [0.2, 0.25) is 0 Å². The summed E-state index contributed by atoms with van der Waals surface area (Å²) in [5.41, 5.74) is 1.83. The maximum atomic E-state index is 13.1. The first-order valence-corrected chi connectivity index (χ1v) is 12.2. The maximum Gasteiger partial charge on any atom is 0.410 e. The van der Waals surface area contributed by atoms with Crippen molar-refractivity contribution in [2.24, 2.45) is 5.41 Å². The molecule has 0 N–H and O–H groups in total. The molecule has 1 atom stereocenters. The number of likely N-dealkylation sites (tertiary alicyclic amines) is 2. The Morgan fingerprint density at radius 3 is 2.23 bits per heavy atom. The second-order valence-electron chi connectivity index (χ2n) is 9.60. The van der Waals surface area contributed by atoms with Crippen LogP contribution in [0.25, 0.3) is 0 Å². The fourth-order valence-corrected chi connectivity index (χ4v) is 5.29. The first-order valence-electron chi connectivity index (χ1n) is 12.2. The van der Waals surface area contributed by atoms with Crippen LogP contribution >= 0.6 is 0 Å². The molecule has 3 fully saturated rings. The van der Waals surface area contributed by atoms with Crippen molar-refractivity contribution in [1.29, 1.82) is 0 Å². The lowest BCUT2D eigenvalue weighted by atomic mass is 9.78. The van der Waals surface area contributed by atoms with Gasteiger partial charge in [-0.1, -0.05) is 54.5 Å². The summed E-state index contributed by atoms with van der Waals surface area (Å²) in [6.45, 7) is 2.94. The molecule has 3 aliphatic heterocycles. The van der Waals surface area contributed by atoms with Gasteiger partial charge in [-0.2, -0.15) is 0 Å². The summed E-state index contributed by atoms with van der Waals surface area (Å²) in [4.78, 5) is 43.3. The van der Waals surface area contributed by atoms with Crippen LogP contribution in [0.1, 0.15) is 36.4 Å². The number of piperidine rings is 1. The molecule has 3 amide bonds. The lowest BCUT2D eigenvalue weighted by Gasteiger charge is -2.38. The summed E-state index contributed by atoms with van der Waals surface area (Å²) in [7, 11) is 0. The number of hydrogen-bond donors (Lipinski definition) is 0. The van der Waals surface area contributed by atoms with Crippen molar-refractivity contribution in [3.63, 3.8) is 0 Å². The molecule has 180 valence electrons. The van der Waals surface area contributed by atoms with Gasteiger partial charge in [0.1, 0.15) is 13.2 Å². The van der Waals surface area contributed by atoms with Crippen molar-refractivity contribution in [1.82, 2.24) is 14.7 Å². The number of rotatable bonds is 3. The van der Waals surface area contributed by atoms with Gasteiger partial charge in [0.2, 0.25) is 5.91 Å². The van der Waals surface area contributed by atoms with Crippen LogP contribution in [0.5, 0.6) is 0 Å². The Kier molecular flexibility index (Phi) is 6.45. The molecule has 3 aliphatic rings. The van der Waals surface area contributed by atoms with Crippen molar-refractivity contribution in [2.75, 3.05) is 39.3 Å². The molecule has 3 saturated heterocycles. The van der Waals surface area contributed by atoms with E-state index in [1.165, 1.54) is 4.90 Å². The fraction of sp³-hybridized carbons (Fsp3) is 0.393. The highest BCUT2D eigenvalue weighted by molar-refractivity contribution is 5.94. The topological polar surface area (TPSA) is 70.2 Å². The Balaban J connectivity index is 1.15. The predicted octanol–water partition coefficient (Wildman–Crippen LogP) is 3.07. The zero-order valence-corrected chi connectivity index (χ0v) is 19.7. The fourth-order valence-electron chi connectivity index (χ4n) is 5.29. The summed E-state index contributed by atoms with van der Waals surface area (Å²) in [5, 5.41) is 0. The molecule has 7 nitrogen and oxygen atoms in total. The van der Waals surface area contributed by atoms with Crippen LogP contribution in [-0.4, -0.2) is 71.9 Å². The Hall–Kier alpha value is -3.79. The second-order valence-corrected chi connectivity index (χ2v) is 9.60. The van der Waals surface area contributed by atoms with E-state index in [9.17, 15) is 14.4 Å². The summed E-state index contributed by atoms with van der Waals surface area (Å²) >= 11 is 0. The lowest BCUT2D eigenvalue weighted by Crippen LogP contribution is -2.45. The van der Waals surface area contributed by atoms with Gasteiger partial charge < -0.3 is 14.5 Å². The van der Waals surface area contributed by atoms with E-state index >= 15 is 0 Å². The molecule has 2 aromatic rings. The van der Waals surface area contributed by atoms with Gasteiger partial charge in [-0.3, -0.25) is 14.5 Å². The minimum atomic E-state index is -0.440. The first-order chi connectivity index (χ1) is 17.0. The molecular weight excluding hydrogens is 442 g/mol. The van der Waals surface area contributed by atoms with Gasteiger partial charge in [-0.25, -0.2) is 4.79 Å². The molecule has 0 bridgehead atoms. The SMILES string of the molecule is O=C(C#Cc1ccccc1)N1CCC2(CC1)CCN(C(=O)CN1C(=O)OC[C@@H]1c1ccccc1)C2. The largest absolute Gasteiger partial charge is 0.447 e. The third-order valence-corrected chi connectivity index (χ3v) is 7.46. The number of ether oxygens (including phenoxy) is 1.